The summed E-state index contributed by atoms with van der Waals surface area (Å²) in [5.41, 5.74) is 0. The van der Waals surface area contributed by atoms with Crippen LogP contribution in [0, 0.1) is 0 Å². The van der Waals surface area contributed by atoms with Gasteiger partial charge in [0.2, 0.25) is 0 Å². The highest BCUT2D eigenvalue weighted by Crippen LogP contribution is 2.10. The van der Waals surface area contributed by atoms with Gasteiger partial charge in [0.15, 0.2) is 6.10 Å². The zero-order valence-electron chi connectivity index (χ0n) is 29.4. The first-order valence-corrected chi connectivity index (χ1v) is 18.5. The molecule has 0 unspecified atom stereocenters. The van der Waals surface area contributed by atoms with Gasteiger partial charge in [-0.1, -0.05) is 154 Å². The summed E-state index contributed by atoms with van der Waals surface area (Å²) in [5.74, 6) is -1.21. The Morgan fingerprint density at radius 2 is 0.733 bits per heavy atom. The molecule has 0 saturated heterocycles. The van der Waals surface area contributed by atoms with Crippen molar-refractivity contribution >= 4 is 17.9 Å². The van der Waals surface area contributed by atoms with Gasteiger partial charge in [0.25, 0.3) is 0 Å². The standard InChI is InChI=1S/C39H68O6/c1-4-7-10-13-16-19-22-25-28-31-37(40)43-34-36(45-39(42)33-30-27-24-21-18-15-12-9-6-3)35-44-38(41)32-29-26-23-20-17-14-11-8-5-2/h25-30,36H,4-24,31-35H2,1-3H3. The summed E-state index contributed by atoms with van der Waals surface area (Å²) in [6.07, 6.45) is 36.3. The molecule has 0 N–H and O–H groups in total. The maximum Gasteiger partial charge on any atom is 0.310 e. The fraction of sp³-hybridized carbons (Fsp3) is 0.769. The number of ether oxygens (including phenoxy) is 3. The third-order valence-corrected chi connectivity index (χ3v) is 7.69. The molecule has 0 radical (unpaired) electrons. The second-order valence-corrected chi connectivity index (χ2v) is 12.2. The molecule has 0 spiro atoms. The van der Waals surface area contributed by atoms with Crippen LogP contribution < -0.4 is 0 Å². The third-order valence-electron chi connectivity index (χ3n) is 7.69. The lowest BCUT2D eigenvalue weighted by atomic mass is 10.1. The summed E-state index contributed by atoms with van der Waals surface area (Å²) < 4.78 is 16.3. The first-order valence-electron chi connectivity index (χ1n) is 18.5. The van der Waals surface area contributed by atoms with Gasteiger partial charge < -0.3 is 14.2 Å². The fourth-order valence-corrected chi connectivity index (χ4v) is 4.86. The highest BCUT2D eigenvalue weighted by Gasteiger charge is 2.18. The summed E-state index contributed by atoms with van der Waals surface area (Å²) in [6, 6.07) is 0. The number of unbranched alkanes of at least 4 members (excludes halogenated alkanes) is 18. The number of carbonyl (C=O) groups excluding carboxylic acids is 3. The SMILES string of the molecule is CCCCCCCCC=CCC(=O)OCC(COC(=O)CC=CCCCCCCCC)OC(=O)CC=CCCCCCCCC. The predicted molar refractivity (Wildman–Crippen MR) is 187 cm³/mol. The summed E-state index contributed by atoms with van der Waals surface area (Å²) in [5, 5.41) is 0. The van der Waals surface area contributed by atoms with Crippen molar-refractivity contribution in [1.29, 1.82) is 0 Å². The molecule has 45 heavy (non-hydrogen) atoms. The van der Waals surface area contributed by atoms with Gasteiger partial charge in [0.1, 0.15) is 13.2 Å². The van der Waals surface area contributed by atoms with Gasteiger partial charge in [-0.2, -0.15) is 0 Å². The van der Waals surface area contributed by atoms with E-state index in [2.05, 4.69) is 20.8 Å². The molecule has 0 aromatic heterocycles. The molecule has 0 heterocycles. The Balaban J connectivity index is 4.54. The van der Waals surface area contributed by atoms with Crippen LogP contribution in [0.1, 0.15) is 175 Å². The maximum absolute atomic E-state index is 12.5. The Kier molecular flexibility index (Phi) is 32.7. The van der Waals surface area contributed by atoms with Crippen molar-refractivity contribution in [3.05, 3.63) is 36.5 Å². The van der Waals surface area contributed by atoms with Crippen LogP contribution in [-0.4, -0.2) is 37.2 Å². The van der Waals surface area contributed by atoms with E-state index in [4.69, 9.17) is 14.2 Å². The highest BCUT2D eigenvalue weighted by molar-refractivity contribution is 5.73. The number of hydrogen-bond acceptors (Lipinski definition) is 6. The monoisotopic (exact) mass is 633 g/mol. The third kappa shape index (κ3) is 32.8. The topological polar surface area (TPSA) is 78.9 Å². The zero-order chi connectivity index (χ0) is 33.1. The average Bonchev–Trinajstić information content (AvgIpc) is 3.03. The van der Waals surface area contributed by atoms with Crippen molar-refractivity contribution < 1.29 is 28.6 Å². The number of rotatable bonds is 32. The Bertz CT molecular complexity index is 740. The van der Waals surface area contributed by atoms with E-state index in [1.807, 2.05) is 36.5 Å². The quantitative estimate of drug-likeness (QED) is 0.0318. The van der Waals surface area contributed by atoms with Crippen molar-refractivity contribution in [2.75, 3.05) is 13.2 Å². The first kappa shape index (κ1) is 42.6. The highest BCUT2D eigenvalue weighted by atomic mass is 16.6. The van der Waals surface area contributed by atoms with Crippen molar-refractivity contribution in [3.63, 3.8) is 0 Å². The molecular weight excluding hydrogens is 564 g/mol. The molecule has 0 aromatic rings. The lowest BCUT2D eigenvalue weighted by molar-refractivity contribution is -0.165. The van der Waals surface area contributed by atoms with Crippen molar-refractivity contribution in [2.24, 2.45) is 0 Å². The summed E-state index contributed by atoms with van der Waals surface area (Å²) >= 11 is 0. The number of carbonyl (C=O) groups is 3. The molecule has 0 aromatic carbocycles. The van der Waals surface area contributed by atoms with E-state index in [1.54, 1.807) is 0 Å². The van der Waals surface area contributed by atoms with E-state index in [-0.39, 0.29) is 32.5 Å². The molecule has 0 atom stereocenters. The molecule has 0 fully saturated rings. The van der Waals surface area contributed by atoms with E-state index in [1.165, 1.54) is 96.3 Å². The number of hydrogen-bond donors (Lipinski definition) is 0. The van der Waals surface area contributed by atoms with Gasteiger partial charge in [-0.3, -0.25) is 14.4 Å². The van der Waals surface area contributed by atoms with Crippen LogP contribution in [0.2, 0.25) is 0 Å². The maximum atomic E-state index is 12.5. The molecule has 0 aliphatic carbocycles. The molecule has 0 bridgehead atoms. The first-order chi connectivity index (χ1) is 22.0. The van der Waals surface area contributed by atoms with E-state index < -0.39 is 24.0 Å². The fourth-order valence-electron chi connectivity index (χ4n) is 4.86. The predicted octanol–water partition coefficient (Wildman–Crippen LogP) is 11.1. The smallest absolute Gasteiger partial charge is 0.310 e. The van der Waals surface area contributed by atoms with E-state index in [0.717, 1.165) is 38.5 Å². The lowest BCUT2D eigenvalue weighted by Crippen LogP contribution is -2.30. The average molecular weight is 633 g/mol. The molecular formula is C39H68O6. The molecule has 260 valence electrons. The van der Waals surface area contributed by atoms with E-state index >= 15 is 0 Å². The Morgan fingerprint density at radius 1 is 0.422 bits per heavy atom. The summed E-state index contributed by atoms with van der Waals surface area (Å²) in [6.45, 7) is 6.37. The van der Waals surface area contributed by atoms with E-state index in [9.17, 15) is 14.4 Å². The Hall–Kier alpha value is -2.37. The van der Waals surface area contributed by atoms with Crippen LogP contribution in [0.4, 0.5) is 0 Å². The van der Waals surface area contributed by atoms with Crippen LogP contribution >= 0.6 is 0 Å². The van der Waals surface area contributed by atoms with Gasteiger partial charge in [0.05, 0.1) is 19.3 Å². The van der Waals surface area contributed by atoms with Gasteiger partial charge >= 0.3 is 17.9 Å². The molecule has 0 amide bonds. The molecule has 0 rings (SSSR count). The second kappa shape index (κ2) is 34.5. The second-order valence-electron chi connectivity index (χ2n) is 12.2. The van der Waals surface area contributed by atoms with Crippen molar-refractivity contribution in [3.8, 4) is 0 Å². The van der Waals surface area contributed by atoms with Crippen molar-refractivity contribution in [2.45, 2.75) is 181 Å². The molecule has 6 nitrogen and oxygen atoms in total. The Labute approximate surface area is 276 Å². The molecule has 0 aliphatic heterocycles. The molecule has 0 aliphatic rings. The largest absolute Gasteiger partial charge is 0.461 e. The number of esters is 3. The zero-order valence-corrected chi connectivity index (χ0v) is 29.4. The summed E-state index contributed by atoms with van der Waals surface area (Å²) in [7, 11) is 0. The minimum absolute atomic E-state index is 0.136. The van der Waals surface area contributed by atoms with Gasteiger partial charge in [-0.25, -0.2) is 0 Å². The van der Waals surface area contributed by atoms with Crippen LogP contribution in [0.15, 0.2) is 36.5 Å². The van der Waals surface area contributed by atoms with Crippen LogP contribution in [-0.2, 0) is 28.6 Å². The lowest BCUT2D eigenvalue weighted by Gasteiger charge is -2.17. The minimum Gasteiger partial charge on any atom is -0.461 e. The van der Waals surface area contributed by atoms with Gasteiger partial charge in [-0.15, -0.1) is 0 Å². The van der Waals surface area contributed by atoms with Crippen molar-refractivity contribution in [1.82, 2.24) is 0 Å². The van der Waals surface area contributed by atoms with Crippen LogP contribution in [0.5, 0.6) is 0 Å². The summed E-state index contributed by atoms with van der Waals surface area (Å²) in [4.78, 5) is 37.1. The molecule has 0 saturated carbocycles. The molecule has 6 heteroatoms. The van der Waals surface area contributed by atoms with Gasteiger partial charge in [0, 0.05) is 0 Å². The van der Waals surface area contributed by atoms with Crippen LogP contribution in [0.25, 0.3) is 0 Å². The minimum atomic E-state index is -0.837. The normalized spacial score (nSPS) is 12.3. The Morgan fingerprint density at radius 3 is 1.09 bits per heavy atom. The van der Waals surface area contributed by atoms with Gasteiger partial charge in [-0.05, 0) is 38.5 Å². The number of allylic oxidation sites excluding steroid dienone is 3. The van der Waals surface area contributed by atoms with Crippen LogP contribution in [0.3, 0.4) is 0 Å². The van der Waals surface area contributed by atoms with E-state index in [0.29, 0.717) is 0 Å².